The molecule has 0 bridgehead atoms. The van der Waals surface area contributed by atoms with Gasteiger partial charge in [0.1, 0.15) is 6.61 Å². The highest BCUT2D eigenvalue weighted by molar-refractivity contribution is 5.70. The lowest BCUT2D eigenvalue weighted by Crippen LogP contribution is -2.28. The molecular weight excluding hydrogens is 572 g/mol. The Morgan fingerprint density at radius 3 is 1.39 bits per heavy atom. The zero-order valence-corrected chi connectivity index (χ0v) is 29.8. The van der Waals surface area contributed by atoms with Crippen molar-refractivity contribution in [1.82, 2.24) is 0 Å². The topological polar surface area (TPSA) is 72.8 Å². The quantitative estimate of drug-likeness (QED) is 0.0438. The SMILES string of the molecule is CCCCCC=CCC=CCC=CCC=CCCCCCC(=O)OCC(CO)OC(=O)CCCCCCCC=CCCCCCC. The molecule has 0 saturated heterocycles. The first-order valence-electron chi connectivity index (χ1n) is 18.8. The molecule has 0 saturated carbocycles. The van der Waals surface area contributed by atoms with E-state index in [0.717, 1.165) is 70.6 Å². The smallest absolute Gasteiger partial charge is 0.306 e. The van der Waals surface area contributed by atoms with Gasteiger partial charge in [0, 0.05) is 12.8 Å². The number of hydrogen-bond donors (Lipinski definition) is 1. The molecule has 0 radical (unpaired) electrons. The van der Waals surface area contributed by atoms with Gasteiger partial charge in [0.15, 0.2) is 6.10 Å². The number of rotatable bonds is 33. The third kappa shape index (κ3) is 34.5. The number of aliphatic hydroxyl groups is 1. The minimum atomic E-state index is -0.789. The second kappa shape index (κ2) is 37.1. The van der Waals surface area contributed by atoms with E-state index in [0.29, 0.717) is 12.8 Å². The van der Waals surface area contributed by atoms with Crippen molar-refractivity contribution in [3.8, 4) is 0 Å². The van der Waals surface area contributed by atoms with Crippen LogP contribution in [0.2, 0.25) is 0 Å². The first-order chi connectivity index (χ1) is 22.6. The largest absolute Gasteiger partial charge is 0.462 e. The lowest BCUT2D eigenvalue weighted by atomic mass is 10.1. The van der Waals surface area contributed by atoms with Crippen molar-refractivity contribution in [2.45, 2.75) is 174 Å². The first-order valence-corrected chi connectivity index (χ1v) is 18.8. The van der Waals surface area contributed by atoms with Crippen LogP contribution >= 0.6 is 0 Å². The second-order valence-electron chi connectivity index (χ2n) is 12.3. The molecule has 1 N–H and O–H groups in total. The second-order valence-corrected chi connectivity index (χ2v) is 12.3. The van der Waals surface area contributed by atoms with E-state index in [1.54, 1.807) is 0 Å². The zero-order valence-electron chi connectivity index (χ0n) is 29.8. The summed E-state index contributed by atoms with van der Waals surface area (Å²) in [7, 11) is 0. The predicted octanol–water partition coefficient (Wildman–Crippen LogP) is 11.6. The summed E-state index contributed by atoms with van der Waals surface area (Å²) in [5, 5.41) is 9.53. The van der Waals surface area contributed by atoms with Gasteiger partial charge < -0.3 is 14.6 Å². The number of ether oxygens (including phenoxy) is 2. The summed E-state index contributed by atoms with van der Waals surface area (Å²) < 4.78 is 10.6. The molecular formula is C41H70O5. The Morgan fingerprint density at radius 2 is 0.870 bits per heavy atom. The number of aliphatic hydroxyl groups excluding tert-OH is 1. The molecule has 0 aromatic carbocycles. The van der Waals surface area contributed by atoms with Gasteiger partial charge in [-0.3, -0.25) is 9.59 Å². The van der Waals surface area contributed by atoms with Gasteiger partial charge in [0.25, 0.3) is 0 Å². The van der Waals surface area contributed by atoms with Crippen molar-refractivity contribution < 1.29 is 24.2 Å². The number of carbonyl (C=O) groups excluding carboxylic acids is 2. The van der Waals surface area contributed by atoms with Gasteiger partial charge in [-0.2, -0.15) is 0 Å². The highest BCUT2D eigenvalue weighted by Gasteiger charge is 2.16. The van der Waals surface area contributed by atoms with Crippen LogP contribution in [-0.4, -0.2) is 36.4 Å². The molecule has 0 aliphatic heterocycles. The van der Waals surface area contributed by atoms with Crippen LogP contribution in [0.5, 0.6) is 0 Å². The molecule has 1 atom stereocenters. The standard InChI is InChI=1S/C41H70O5/c1-3-5-7-9-11-13-15-17-18-19-20-21-22-24-25-27-29-31-33-35-40(43)45-38-39(37-42)46-41(44)36-34-32-30-28-26-23-16-14-12-10-8-6-4-2/h11,13-14,16-18,20-21,24-25,39,42H,3-10,12,15,19,22-23,26-38H2,1-2H3. The average Bonchev–Trinajstić information content (AvgIpc) is 3.06. The molecule has 0 aromatic heterocycles. The van der Waals surface area contributed by atoms with Crippen LogP contribution in [-0.2, 0) is 19.1 Å². The van der Waals surface area contributed by atoms with Gasteiger partial charge in [0.05, 0.1) is 6.61 Å². The fourth-order valence-corrected chi connectivity index (χ4v) is 4.88. The van der Waals surface area contributed by atoms with Crippen molar-refractivity contribution in [2.75, 3.05) is 13.2 Å². The van der Waals surface area contributed by atoms with E-state index in [9.17, 15) is 14.7 Å². The molecule has 264 valence electrons. The maximum Gasteiger partial charge on any atom is 0.306 e. The number of hydrogen-bond acceptors (Lipinski definition) is 5. The summed E-state index contributed by atoms with van der Waals surface area (Å²) in [6.45, 7) is 4.04. The maximum absolute atomic E-state index is 12.1. The van der Waals surface area contributed by atoms with Crippen LogP contribution in [0.4, 0.5) is 0 Å². The van der Waals surface area contributed by atoms with Crippen LogP contribution in [0.15, 0.2) is 60.8 Å². The molecule has 0 heterocycles. The lowest BCUT2D eigenvalue weighted by molar-refractivity contribution is -0.161. The molecule has 0 aliphatic carbocycles. The van der Waals surface area contributed by atoms with Gasteiger partial charge in [-0.05, 0) is 83.5 Å². The lowest BCUT2D eigenvalue weighted by Gasteiger charge is -2.15. The van der Waals surface area contributed by atoms with E-state index >= 15 is 0 Å². The van der Waals surface area contributed by atoms with E-state index in [-0.39, 0.29) is 25.2 Å². The van der Waals surface area contributed by atoms with E-state index < -0.39 is 6.10 Å². The summed E-state index contributed by atoms with van der Waals surface area (Å²) in [5.41, 5.74) is 0. The third-order valence-corrected chi connectivity index (χ3v) is 7.78. The van der Waals surface area contributed by atoms with Crippen LogP contribution in [0.25, 0.3) is 0 Å². The molecule has 0 spiro atoms. The Labute approximate surface area is 283 Å². The van der Waals surface area contributed by atoms with Crippen molar-refractivity contribution in [1.29, 1.82) is 0 Å². The zero-order chi connectivity index (χ0) is 33.6. The molecule has 5 nitrogen and oxygen atoms in total. The van der Waals surface area contributed by atoms with Crippen LogP contribution < -0.4 is 0 Å². The Balaban J connectivity index is 3.67. The Hall–Kier alpha value is -2.40. The third-order valence-electron chi connectivity index (χ3n) is 7.78. The van der Waals surface area contributed by atoms with Gasteiger partial charge in [0.2, 0.25) is 0 Å². The molecule has 0 amide bonds. The summed E-state index contributed by atoms with van der Waals surface area (Å²) >= 11 is 0. The van der Waals surface area contributed by atoms with Crippen molar-refractivity contribution in [3.05, 3.63) is 60.8 Å². The summed E-state index contributed by atoms with van der Waals surface area (Å²) in [6.07, 6.45) is 47.0. The van der Waals surface area contributed by atoms with E-state index in [1.165, 1.54) is 70.6 Å². The number of unbranched alkanes of at least 4 members (excludes halogenated alkanes) is 15. The van der Waals surface area contributed by atoms with E-state index in [1.807, 2.05) is 0 Å². The van der Waals surface area contributed by atoms with Crippen molar-refractivity contribution >= 4 is 11.9 Å². The normalized spacial score (nSPS) is 12.8. The minimum absolute atomic E-state index is 0.0879. The number of esters is 2. The molecule has 0 fully saturated rings. The van der Waals surface area contributed by atoms with E-state index in [2.05, 4.69) is 74.6 Å². The minimum Gasteiger partial charge on any atom is -0.462 e. The summed E-state index contributed by atoms with van der Waals surface area (Å²) in [4.78, 5) is 24.2. The fraction of sp³-hybridized carbons (Fsp3) is 0.707. The molecule has 1 unspecified atom stereocenters. The highest BCUT2D eigenvalue weighted by atomic mass is 16.6. The summed E-state index contributed by atoms with van der Waals surface area (Å²) in [6, 6.07) is 0. The number of allylic oxidation sites excluding steroid dienone is 10. The van der Waals surface area contributed by atoms with Crippen LogP contribution in [0.1, 0.15) is 168 Å². The van der Waals surface area contributed by atoms with Gasteiger partial charge in [-0.15, -0.1) is 0 Å². The molecule has 46 heavy (non-hydrogen) atoms. The van der Waals surface area contributed by atoms with Crippen molar-refractivity contribution in [2.24, 2.45) is 0 Å². The Kier molecular flexibility index (Phi) is 35.1. The summed E-state index contributed by atoms with van der Waals surface area (Å²) in [5.74, 6) is -0.642. The monoisotopic (exact) mass is 643 g/mol. The average molecular weight is 643 g/mol. The van der Waals surface area contributed by atoms with E-state index in [4.69, 9.17) is 9.47 Å². The Bertz CT molecular complexity index is 823. The van der Waals surface area contributed by atoms with Crippen LogP contribution in [0.3, 0.4) is 0 Å². The van der Waals surface area contributed by atoms with Crippen molar-refractivity contribution in [3.63, 3.8) is 0 Å². The maximum atomic E-state index is 12.1. The van der Waals surface area contributed by atoms with Gasteiger partial charge in [-0.1, -0.05) is 132 Å². The van der Waals surface area contributed by atoms with Gasteiger partial charge >= 0.3 is 11.9 Å². The molecule has 0 aliphatic rings. The fourth-order valence-electron chi connectivity index (χ4n) is 4.88. The van der Waals surface area contributed by atoms with Crippen LogP contribution in [0, 0.1) is 0 Å². The molecule has 5 heteroatoms. The first kappa shape index (κ1) is 43.6. The van der Waals surface area contributed by atoms with Gasteiger partial charge in [-0.25, -0.2) is 0 Å². The predicted molar refractivity (Wildman–Crippen MR) is 196 cm³/mol. The number of carbonyl (C=O) groups is 2. The molecule has 0 aromatic rings. The highest BCUT2D eigenvalue weighted by Crippen LogP contribution is 2.11. The molecule has 0 rings (SSSR count). The Morgan fingerprint density at radius 1 is 0.500 bits per heavy atom.